The van der Waals surface area contributed by atoms with Crippen molar-refractivity contribution in [3.05, 3.63) is 28.2 Å². The van der Waals surface area contributed by atoms with E-state index in [0.717, 1.165) is 51.1 Å². The average molecular weight is 334 g/mol. The molecule has 1 N–H and O–H groups in total. The largest absolute Gasteiger partial charge is 0.335 e. The molecule has 5 nitrogen and oxygen atoms in total. The van der Waals surface area contributed by atoms with Gasteiger partial charge in [-0.15, -0.1) is 11.3 Å². The number of carbonyl (C=O) groups excluding carboxylic acids is 1. The zero-order chi connectivity index (χ0) is 16.2. The molecular weight excluding hydrogens is 308 g/mol. The normalized spacial score (nSPS) is 21.5. The lowest BCUT2D eigenvalue weighted by atomic mass is 10.1. The molecule has 1 saturated heterocycles. The topological polar surface area (TPSA) is 48.5 Å². The quantitative estimate of drug-likeness (QED) is 0.842. The lowest BCUT2D eigenvalue weighted by Gasteiger charge is -2.22. The number of hydrogen-bond acceptors (Lipinski definition) is 4. The summed E-state index contributed by atoms with van der Waals surface area (Å²) in [4.78, 5) is 22.3. The third-order valence-corrected chi connectivity index (χ3v) is 5.66. The first kappa shape index (κ1) is 16.5. The number of nitrogens with zero attached hydrogens (tertiary/aromatic N) is 3. The highest BCUT2D eigenvalue weighted by atomic mass is 32.1. The van der Waals surface area contributed by atoms with E-state index in [0.29, 0.717) is 12.0 Å². The molecule has 0 spiro atoms. The smallest absolute Gasteiger partial charge is 0.317 e. The molecule has 6 heteroatoms. The Balaban J connectivity index is 1.42. The number of carbonyl (C=O) groups is 1. The molecule has 1 fully saturated rings. The van der Waals surface area contributed by atoms with Crippen molar-refractivity contribution in [2.24, 2.45) is 5.92 Å². The highest BCUT2D eigenvalue weighted by molar-refractivity contribution is 7.09. The molecule has 2 aliphatic rings. The number of hydrogen-bond donors (Lipinski definition) is 1. The highest BCUT2D eigenvalue weighted by Gasteiger charge is 2.28. The van der Waals surface area contributed by atoms with Gasteiger partial charge in [0.15, 0.2) is 0 Å². The van der Waals surface area contributed by atoms with E-state index < -0.39 is 0 Å². The summed E-state index contributed by atoms with van der Waals surface area (Å²) in [6.07, 6.45) is 7.34. The molecule has 1 aromatic heterocycles. The van der Waals surface area contributed by atoms with Gasteiger partial charge in [-0.25, -0.2) is 9.78 Å². The van der Waals surface area contributed by atoms with Crippen LogP contribution < -0.4 is 5.32 Å². The number of urea groups is 1. The standard InChI is InChI=1S/C17H26N4OS/c1-13-16(23-12-18-13)11-20(2)9-14-7-8-21(10-14)17(22)19-15-5-3-4-6-15/h3-4,12,14-15H,5-11H2,1-2H3,(H,19,22)/t14-/m0/s1. The number of nitrogens with one attached hydrogen (secondary N) is 1. The first-order valence-corrected chi connectivity index (χ1v) is 9.27. The maximum Gasteiger partial charge on any atom is 0.317 e. The predicted molar refractivity (Wildman–Crippen MR) is 93.6 cm³/mol. The Morgan fingerprint density at radius 3 is 2.96 bits per heavy atom. The van der Waals surface area contributed by atoms with Gasteiger partial charge in [-0.05, 0) is 39.2 Å². The van der Waals surface area contributed by atoms with Crippen molar-refractivity contribution >= 4 is 17.4 Å². The summed E-state index contributed by atoms with van der Waals surface area (Å²) in [5, 5.41) is 3.14. The summed E-state index contributed by atoms with van der Waals surface area (Å²) in [6.45, 7) is 5.81. The van der Waals surface area contributed by atoms with Gasteiger partial charge in [-0.1, -0.05) is 12.2 Å². The molecule has 1 atom stereocenters. The van der Waals surface area contributed by atoms with E-state index in [9.17, 15) is 4.79 Å². The number of aryl methyl sites for hydroxylation is 1. The molecule has 0 radical (unpaired) electrons. The molecule has 2 heterocycles. The first-order valence-electron chi connectivity index (χ1n) is 8.39. The van der Waals surface area contributed by atoms with Gasteiger partial charge >= 0.3 is 6.03 Å². The van der Waals surface area contributed by atoms with Crippen LogP contribution in [0.1, 0.15) is 29.8 Å². The fourth-order valence-corrected chi connectivity index (χ4v) is 4.25. The Morgan fingerprint density at radius 2 is 2.26 bits per heavy atom. The molecule has 23 heavy (non-hydrogen) atoms. The second kappa shape index (κ2) is 7.45. The maximum absolute atomic E-state index is 12.3. The summed E-state index contributed by atoms with van der Waals surface area (Å²) >= 11 is 1.73. The number of amides is 2. The summed E-state index contributed by atoms with van der Waals surface area (Å²) < 4.78 is 0. The van der Waals surface area contributed by atoms with Crippen molar-refractivity contribution in [1.29, 1.82) is 0 Å². The molecule has 0 unspecified atom stereocenters. The van der Waals surface area contributed by atoms with Crippen LogP contribution in [-0.2, 0) is 6.54 Å². The van der Waals surface area contributed by atoms with Gasteiger partial charge in [0, 0.05) is 37.1 Å². The number of aromatic nitrogens is 1. The van der Waals surface area contributed by atoms with Crippen molar-refractivity contribution in [2.45, 2.75) is 38.8 Å². The van der Waals surface area contributed by atoms with E-state index in [1.54, 1.807) is 11.3 Å². The first-order chi connectivity index (χ1) is 11.1. The molecule has 1 aliphatic heterocycles. The SMILES string of the molecule is Cc1ncsc1CN(C)C[C@@H]1CCN(C(=O)NC2CC=CC2)C1. The van der Waals surface area contributed by atoms with Crippen LogP contribution in [0.25, 0.3) is 0 Å². The lowest BCUT2D eigenvalue weighted by Crippen LogP contribution is -2.43. The van der Waals surface area contributed by atoms with Crippen LogP contribution in [0.3, 0.4) is 0 Å². The van der Waals surface area contributed by atoms with Crippen LogP contribution in [0.15, 0.2) is 17.7 Å². The molecule has 0 bridgehead atoms. The monoisotopic (exact) mass is 334 g/mol. The Morgan fingerprint density at radius 1 is 1.48 bits per heavy atom. The lowest BCUT2D eigenvalue weighted by molar-refractivity contribution is 0.200. The van der Waals surface area contributed by atoms with Crippen LogP contribution in [0.2, 0.25) is 0 Å². The van der Waals surface area contributed by atoms with E-state index in [4.69, 9.17) is 0 Å². The third-order valence-electron chi connectivity index (χ3n) is 4.74. The van der Waals surface area contributed by atoms with E-state index in [1.807, 2.05) is 10.4 Å². The van der Waals surface area contributed by atoms with E-state index in [1.165, 1.54) is 4.88 Å². The predicted octanol–water partition coefficient (Wildman–Crippen LogP) is 2.63. The third kappa shape index (κ3) is 4.32. The fraction of sp³-hybridized carbons (Fsp3) is 0.647. The van der Waals surface area contributed by atoms with Gasteiger partial charge in [-0.2, -0.15) is 0 Å². The summed E-state index contributed by atoms with van der Waals surface area (Å²) in [7, 11) is 2.16. The summed E-state index contributed by atoms with van der Waals surface area (Å²) in [6, 6.07) is 0.417. The number of thiazole rings is 1. The van der Waals surface area contributed by atoms with Crippen molar-refractivity contribution in [3.8, 4) is 0 Å². The van der Waals surface area contributed by atoms with Crippen molar-refractivity contribution in [2.75, 3.05) is 26.7 Å². The number of likely N-dealkylation sites (tertiary alicyclic amines) is 1. The highest BCUT2D eigenvalue weighted by Crippen LogP contribution is 2.20. The molecule has 0 aromatic carbocycles. The molecule has 1 aromatic rings. The second-order valence-electron chi connectivity index (χ2n) is 6.75. The Labute approximate surface area is 142 Å². The summed E-state index contributed by atoms with van der Waals surface area (Å²) in [5.41, 5.74) is 3.05. The van der Waals surface area contributed by atoms with Crippen LogP contribution in [0.5, 0.6) is 0 Å². The fourth-order valence-electron chi connectivity index (χ4n) is 3.40. The van der Waals surface area contributed by atoms with Gasteiger partial charge in [0.1, 0.15) is 0 Å². The molecule has 3 rings (SSSR count). The van der Waals surface area contributed by atoms with Crippen LogP contribution in [0.4, 0.5) is 4.79 Å². The van der Waals surface area contributed by atoms with Crippen molar-refractivity contribution in [3.63, 3.8) is 0 Å². The minimum absolute atomic E-state index is 0.113. The Hall–Kier alpha value is -1.40. The minimum Gasteiger partial charge on any atom is -0.335 e. The van der Waals surface area contributed by atoms with Gasteiger partial charge in [-0.3, -0.25) is 0 Å². The van der Waals surface area contributed by atoms with Crippen LogP contribution in [-0.4, -0.2) is 53.5 Å². The van der Waals surface area contributed by atoms with Gasteiger partial charge in [0.25, 0.3) is 0 Å². The Bertz CT molecular complexity index is 563. The van der Waals surface area contributed by atoms with Crippen LogP contribution in [0, 0.1) is 12.8 Å². The van der Waals surface area contributed by atoms with Gasteiger partial charge < -0.3 is 15.1 Å². The maximum atomic E-state index is 12.3. The summed E-state index contributed by atoms with van der Waals surface area (Å²) in [5.74, 6) is 0.570. The average Bonchev–Trinajstić information content (AvgIpc) is 3.23. The zero-order valence-electron chi connectivity index (χ0n) is 14.0. The van der Waals surface area contributed by atoms with E-state index in [-0.39, 0.29) is 6.03 Å². The second-order valence-corrected chi connectivity index (χ2v) is 7.69. The van der Waals surface area contributed by atoms with E-state index >= 15 is 0 Å². The molecule has 2 amide bonds. The Kier molecular flexibility index (Phi) is 5.33. The van der Waals surface area contributed by atoms with Gasteiger partial charge in [0.2, 0.25) is 0 Å². The number of rotatable bonds is 5. The zero-order valence-corrected chi connectivity index (χ0v) is 14.8. The molecule has 0 saturated carbocycles. The van der Waals surface area contributed by atoms with Crippen molar-refractivity contribution < 1.29 is 4.79 Å². The van der Waals surface area contributed by atoms with Crippen molar-refractivity contribution in [1.82, 2.24) is 20.1 Å². The molecule has 1 aliphatic carbocycles. The molecular formula is C17H26N4OS. The van der Waals surface area contributed by atoms with Crippen LogP contribution >= 0.6 is 11.3 Å². The van der Waals surface area contributed by atoms with Gasteiger partial charge in [0.05, 0.1) is 11.2 Å². The minimum atomic E-state index is 0.113. The molecule has 126 valence electrons. The van der Waals surface area contributed by atoms with E-state index in [2.05, 4.69) is 41.3 Å².